The normalized spacial score (nSPS) is 18.3. The second-order valence-electron chi connectivity index (χ2n) is 11.4. The van der Waals surface area contributed by atoms with Crippen LogP contribution in [0.3, 0.4) is 0 Å². The van der Waals surface area contributed by atoms with E-state index in [0.717, 1.165) is 13.1 Å². The lowest BCUT2D eigenvalue weighted by atomic mass is 9.84. The van der Waals surface area contributed by atoms with Crippen LogP contribution in [0.4, 0.5) is 0 Å². The van der Waals surface area contributed by atoms with E-state index in [1.54, 1.807) is 0 Å². The van der Waals surface area contributed by atoms with Crippen molar-refractivity contribution in [3.05, 3.63) is 60.7 Å². The average molecular weight is 454 g/mol. The number of hydrogen-bond donors (Lipinski definition) is 1. The summed E-state index contributed by atoms with van der Waals surface area (Å²) in [5.41, 5.74) is -0.198. The molecule has 1 fully saturated rings. The second-order valence-corrected chi connectivity index (χ2v) is 15.8. The van der Waals surface area contributed by atoms with Gasteiger partial charge in [-0.1, -0.05) is 109 Å². The van der Waals surface area contributed by atoms with E-state index < -0.39 is 14.4 Å². The molecule has 0 unspecified atom stereocenters. The molecule has 32 heavy (non-hydrogen) atoms. The van der Waals surface area contributed by atoms with E-state index in [2.05, 4.69) is 107 Å². The third-order valence-electron chi connectivity index (χ3n) is 7.00. The first-order valence-electron chi connectivity index (χ1n) is 12.2. The number of hydrogen-bond acceptors (Lipinski definition) is 3. The van der Waals surface area contributed by atoms with Crippen LogP contribution in [0.25, 0.3) is 0 Å². The number of piperidine rings is 1. The van der Waals surface area contributed by atoms with E-state index in [-0.39, 0.29) is 16.5 Å². The van der Waals surface area contributed by atoms with Gasteiger partial charge in [-0.15, -0.1) is 0 Å². The van der Waals surface area contributed by atoms with Crippen molar-refractivity contribution in [2.45, 2.75) is 78.0 Å². The van der Waals surface area contributed by atoms with Crippen LogP contribution in [-0.4, -0.2) is 50.2 Å². The first-order valence-corrected chi connectivity index (χ1v) is 14.2. The van der Waals surface area contributed by atoms with Gasteiger partial charge in [0.2, 0.25) is 0 Å². The largest absolute Gasteiger partial charge is 0.406 e. The summed E-state index contributed by atoms with van der Waals surface area (Å²) in [6.07, 6.45) is 3.24. The first-order chi connectivity index (χ1) is 15.1. The van der Waals surface area contributed by atoms with Gasteiger partial charge >= 0.3 is 0 Å². The van der Waals surface area contributed by atoms with Crippen molar-refractivity contribution in [1.82, 2.24) is 4.90 Å². The number of aliphatic hydroxyl groups excluding tert-OH is 1. The molecule has 3 nitrogen and oxygen atoms in total. The summed E-state index contributed by atoms with van der Waals surface area (Å²) < 4.78 is 7.24. The van der Waals surface area contributed by atoms with Gasteiger partial charge in [0.1, 0.15) is 0 Å². The third kappa shape index (κ3) is 5.36. The van der Waals surface area contributed by atoms with E-state index >= 15 is 0 Å². The van der Waals surface area contributed by atoms with Crippen LogP contribution in [0.5, 0.6) is 0 Å². The van der Waals surface area contributed by atoms with Crippen LogP contribution >= 0.6 is 0 Å². The number of benzene rings is 2. The highest BCUT2D eigenvalue weighted by molar-refractivity contribution is 6.99. The fourth-order valence-electron chi connectivity index (χ4n) is 5.20. The zero-order valence-corrected chi connectivity index (χ0v) is 22.0. The van der Waals surface area contributed by atoms with E-state index in [1.807, 2.05) is 0 Å². The third-order valence-corrected chi connectivity index (χ3v) is 12.0. The van der Waals surface area contributed by atoms with Gasteiger partial charge in [0.25, 0.3) is 8.32 Å². The zero-order chi connectivity index (χ0) is 23.4. The van der Waals surface area contributed by atoms with Crippen LogP contribution < -0.4 is 10.4 Å². The molecular weight excluding hydrogens is 410 g/mol. The molecule has 2 aromatic rings. The van der Waals surface area contributed by atoms with Gasteiger partial charge in [-0.2, -0.15) is 0 Å². The molecule has 3 rings (SSSR count). The van der Waals surface area contributed by atoms with Gasteiger partial charge in [-0.05, 0) is 46.8 Å². The van der Waals surface area contributed by atoms with Gasteiger partial charge in [-0.3, -0.25) is 4.90 Å². The van der Waals surface area contributed by atoms with Crippen LogP contribution in [0, 0.1) is 5.41 Å². The molecule has 2 aromatic carbocycles. The number of likely N-dealkylation sites (tertiary alicyclic amines) is 1. The molecule has 1 N–H and O–H groups in total. The summed E-state index contributed by atoms with van der Waals surface area (Å²) >= 11 is 0. The molecule has 1 saturated heterocycles. The SMILES string of the molecule is CC(C)(C)[C@H](O)[C@@H](CO[Si](c1ccccc1)(c1ccccc1)C(C)(C)C)N1CCCCC1. The van der Waals surface area contributed by atoms with E-state index in [1.165, 1.54) is 29.6 Å². The maximum atomic E-state index is 11.4. The highest BCUT2D eigenvalue weighted by Gasteiger charge is 2.51. The predicted octanol–water partition coefficient (Wildman–Crippen LogP) is 4.82. The maximum absolute atomic E-state index is 11.4. The van der Waals surface area contributed by atoms with Crippen molar-refractivity contribution < 1.29 is 9.53 Å². The molecule has 1 heterocycles. The van der Waals surface area contributed by atoms with Crippen molar-refractivity contribution in [3.8, 4) is 0 Å². The Kier molecular flexibility index (Phi) is 8.03. The molecule has 0 radical (unpaired) electrons. The topological polar surface area (TPSA) is 32.7 Å². The molecule has 0 amide bonds. The lowest BCUT2D eigenvalue weighted by Crippen LogP contribution is -2.68. The van der Waals surface area contributed by atoms with Crippen molar-refractivity contribution in [2.24, 2.45) is 5.41 Å². The smallest absolute Gasteiger partial charge is 0.261 e. The predicted molar refractivity (Wildman–Crippen MR) is 138 cm³/mol. The van der Waals surface area contributed by atoms with Crippen molar-refractivity contribution in [2.75, 3.05) is 19.7 Å². The Morgan fingerprint density at radius 2 is 1.28 bits per heavy atom. The average Bonchev–Trinajstić information content (AvgIpc) is 2.77. The van der Waals surface area contributed by atoms with Gasteiger partial charge in [0, 0.05) is 0 Å². The molecule has 0 spiro atoms. The van der Waals surface area contributed by atoms with Gasteiger partial charge in [0.15, 0.2) is 0 Å². The van der Waals surface area contributed by atoms with Crippen molar-refractivity contribution in [3.63, 3.8) is 0 Å². The fourth-order valence-corrected chi connectivity index (χ4v) is 9.77. The van der Waals surface area contributed by atoms with Gasteiger partial charge in [-0.25, -0.2) is 0 Å². The summed E-state index contributed by atoms with van der Waals surface area (Å²) in [6, 6.07) is 21.6. The minimum absolute atomic E-state index is 0.00282. The lowest BCUT2D eigenvalue weighted by Gasteiger charge is -2.47. The Balaban J connectivity index is 2.05. The molecule has 0 aliphatic carbocycles. The van der Waals surface area contributed by atoms with Crippen LogP contribution in [-0.2, 0) is 4.43 Å². The molecule has 0 aromatic heterocycles. The minimum Gasteiger partial charge on any atom is -0.406 e. The van der Waals surface area contributed by atoms with Gasteiger partial charge in [0.05, 0.1) is 18.8 Å². The highest BCUT2D eigenvalue weighted by atomic mass is 28.4. The quantitative estimate of drug-likeness (QED) is 0.610. The standard InChI is InChI=1S/C28H43NO2Si/c1-27(2,3)26(30)25(29-20-14-9-15-21-29)22-31-32(28(4,5)6,23-16-10-7-11-17-23)24-18-12-8-13-19-24/h7-8,10-13,16-19,25-26,30H,9,14-15,20-22H2,1-6H3/t25-,26-/m1/s1. The molecular formula is C28H43NO2Si. The molecule has 1 aliphatic heterocycles. The van der Waals surface area contributed by atoms with Crippen LogP contribution in [0.15, 0.2) is 60.7 Å². The van der Waals surface area contributed by atoms with Crippen LogP contribution in [0.1, 0.15) is 60.8 Å². The minimum atomic E-state index is -2.62. The van der Waals surface area contributed by atoms with Crippen molar-refractivity contribution in [1.29, 1.82) is 0 Å². The summed E-state index contributed by atoms with van der Waals surface area (Å²) in [6.45, 7) is 16.0. The summed E-state index contributed by atoms with van der Waals surface area (Å²) in [7, 11) is -2.62. The summed E-state index contributed by atoms with van der Waals surface area (Å²) in [5, 5.41) is 14.0. The number of rotatable bonds is 7. The molecule has 0 bridgehead atoms. The fraction of sp³-hybridized carbons (Fsp3) is 0.571. The molecule has 2 atom stereocenters. The van der Waals surface area contributed by atoms with Crippen LogP contribution in [0.2, 0.25) is 5.04 Å². The van der Waals surface area contributed by atoms with Crippen molar-refractivity contribution >= 4 is 18.7 Å². The molecule has 1 aliphatic rings. The van der Waals surface area contributed by atoms with E-state index in [0.29, 0.717) is 6.61 Å². The highest BCUT2D eigenvalue weighted by Crippen LogP contribution is 2.37. The number of nitrogens with zero attached hydrogens (tertiary/aromatic N) is 1. The second kappa shape index (κ2) is 10.2. The monoisotopic (exact) mass is 453 g/mol. The Morgan fingerprint density at radius 1 is 0.812 bits per heavy atom. The Hall–Kier alpha value is -1.46. The maximum Gasteiger partial charge on any atom is 0.261 e. The zero-order valence-electron chi connectivity index (χ0n) is 21.0. The van der Waals surface area contributed by atoms with E-state index in [9.17, 15) is 5.11 Å². The number of aliphatic hydroxyl groups is 1. The summed E-state index contributed by atoms with van der Waals surface area (Å²) in [5.74, 6) is 0. The van der Waals surface area contributed by atoms with E-state index in [4.69, 9.17) is 4.43 Å². The molecule has 4 heteroatoms. The lowest BCUT2D eigenvalue weighted by molar-refractivity contribution is -0.0428. The summed E-state index contributed by atoms with van der Waals surface area (Å²) in [4.78, 5) is 2.48. The molecule has 0 saturated carbocycles. The van der Waals surface area contributed by atoms with Gasteiger partial charge < -0.3 is 9.53 Å². The molecule has 176 valence electrons. The first kappa shape index (κ1) is 25.2. The Labute approximate surface area is 196 Å². The Morgan fingerprint density at radius 3 is 1.69 bits per heavy atom. The Bertz CT molecular complexity index is 781.